The van der Waals surface area contributed by atoms with Gasteiger partial charge in [0.25, 0.3) is 0 Å². The van der Waals surface area contributed by atoms with Crippen molar-refractivity contribution in [2.75, 3.05) is 7.05 Å². The Morgan fingerprint density at radius 3 is 2.38 bits per heavy atom. The molecular weight excluding hydrogens is 390 g/mol. The van der Waals surface area contributed by atoms with Crippen molar-refractivity contribution in [1.29, 1.82) is 0 Å². The lowest BCUT2D eigenvalue weighted by molar-refractivity contribution is -0.149. The number of hydrogen-bond donors (Lipinski definition) is 1. The summed E-state index contributed by atoms with van der Waals surface area (Å²) >= 11 is 6.09. The Hall–Kier alpha value is -2.44. The van der Waals surface area contributed by atoms with Crippen molar-refractivity contribution in [3.8, 4) is 11.3 Å². The predicted molar refractivity (Wildman–Crippen MR) is 115 cm³/mol. The Kier molecular flexibility index (Phi) is 6.71. The van der Waals surface area contributed by atoms with Crippen LogP contribution in [0.25, 0.3) is 17.0 Å². The lowest BCUT2D eigenvalue weighted by Crippen LogP contribution is -2.42. The third-order valence-corrected chi connectivity index (χ3v) is 4.82. The lowest BCUT2D eigenvalue weighted by Gasteiger charge is -2.30. The molecule has 0 aliphatic heterocycles. The van der Waals surface area contributed by atoms with Crippen molar-refractivity contribution in [3.63, 3.8) is 0 Å². The minimum absolute atomic E-state index is 0.160. The molecule has 0 bridgehead atoms. The number of carbonyl (C=O) groups is 2. The number of aryl methyl sites for hydroxylation is 1. The summed E-state index contributed by atoms with van der Waals surface area (Å²) < 4.78 is 7.23. The van der Waals surface area contributed by atoms with E-state index >= 15 is 0 Å². The topological polar surface area (TPSA) is 73.2 Å². The van der Waals surface area contributed by atoms with Crippen LogP contribution in [-0.4, -0.2) is 34.6 Å². The highest BCUT2D eigenvalue weighted by Crippen LogP contribution is 2.29. The van der Waals surface area contributed by atoms with Gasteiger partial charge in [0.15, 0.2) is 12.0 Å². The first-order chi connectivity index (χ1) is 13.4. The summed E-state index contributed by atoms with van der Waals surface area (Å²) in [5.74, 6) is -0.228. The Morgan fingerprint density at radius 2 is 1.86 bits per heavy atom. The van der Waals surface area contributed by atoms with E-state index in [4.69, 9.17) is 16.3 Å². The monoisotopic (exact) mass is 417 g/mol. The number of ether oxygens (including phenoxy) is 1. The standard InChI is InChI=1S/C22H28ClN3O3/c1-14-11-17(15-9-8-10-16(23)12-15)25-26(14)18(13-27)19(22(5,6)24-7)29-20(28)21(2,3)4/h8-13,24H,1-7H3/b19-18-. The molecule has 0 saturated heterocycles. The van der Waals surface area contributed by atoms with Gasteiger partial charge in [-0.15, -0.1) is 0 Å². The van der Waals surface area contributed by atoms with Crippen LogP contribution < -0.4 is 5.32 Å². The Morgan fingerprint density at radius 1 is 1.21 bits per heavy atom. The Labute approximate surface area is 176 Å². The number of nitrogens with one attached hydrogen (secondary N) is 1. The second-order valence-electron chi connectivity index (χ2n) is 8.44. The molecule has 0 radical (unpaired) electrons. The fourth-order valence-electron chi connectivity index (χ4n) is 2.57. The fraction of sp³-hybridized carbons (Fsp3) is 0.409. The van der Waals surface area contributed by atoms with E-state index in [9.17, 15) is 9.59 Å². The van der Waals surface area contributed by atoms with Gasteiger partial charge in [-0.05, 0) is 66.8 Å². The molecule has 0 fully saturated rings. The molecule has 1 heterocycles. The molecule has 0 spiro atoms. The van der Waals surface area contributed by atoms with Gasteiger partial charge in [0.1, 0.15) is 5.70 Å². The second-order valence-corrected chi connectivity index (χ2v) is 8.88. The molecule has 6 nitrogen and oxygen atoms in total. The maximum atomic E-state index is 12.6. The molecule has 0 amide bonds. The van der Waals surface area contributed by atoms with Crippen LogP contribution in [0.3, 0.4) is 0 Å². The number of hydrogen-bond acceptors (Lipinski definition) is 5. The zero-order valence-corrected chi connectivity index (χ0v) is 18.7. The number of carbonyl (C=O) groups excluding carboxylic acids is 2. The van der Waals surface area contributed by atoms with E-state index in [0.29, 0.717) is 17.0 Å². The average molecular weight is 418 g/mol. The lowest BCUT2D eigenvalue weighted by atomic mass is 9.96. The first-order valence-corrected chi connectivity index (χ1v) is 9.72. The summed E-state index contributed by atoms with van der Waals surface area (Å²) in [4.78, 5) is 24.7. The predicted octanol–water partition coefficient (Wildman–Crippen LogP) is 4.47. The van der Waals surface area contributed by atoms with Crippen LogP contribution >= 0.6 is 11.6 Å². The molecule has 0 aliphatic rings. The zero-order valence-electron chi connectivity index (χ0n) is 18.0. The molecule has 0 atom stereocenters. The first kappa shape index (κ1) is 22.8. The van der Waals surface area contributed by atoms with E-state index < -0.39 is 16.9 Å². The molecule has 1 N–H and O–H groups in total. The normalized spacial score (nSPS) is 13.1. The van der Waals surface area contributed by atoms with Crippen LogP contribution in [0.15, 0.2) is 36.1 Å². The third kappa shape index (κ3) is 5.14. The van der Waals surface area contributed by atoms with Crippen molar-refractivity contribution in [2.24, 2.45) is 5.41 Å². The average Bonchev–Trinajstić information content (AvgIpc) is 3.02. The zero-order chi connectivity index (χ0) is 22.0. The van der Waals surface area contributed by atoms with Gasteiger partial charge in [-0.25, -0.2) is 4.68 Å². The van der Waals surface area contributed by atoms with Gasteiger partial charge < -0.3 is 10.1 Å². The summed E-state index contributed by atoms with van der Waals surface area (Å²) in [7, 11) is 1.74. The number of nitrogens with zero attached hydrogens (tertiary/aromatic N) is 2. The van der Waals surface area contributed by atoms with Crippen molar-refractivity contribution in [1.82, 2.24) is 15.1 Å². The van der Waals surface area contributed by atoms with E-state index in [0.717, 1.165) is 11.3 Å². The number of aldehydes is 1. The molecule has 0 aliphatic carbocycles. The van der Waals surface area contributed by atoms with Crippen molar-refractivity contribution < 1.29 is 14.3 Å². The number of halogens is 1. The SMILES string of the molecule is CNC(C)(C)/C(OC(=O)C(C)(C)C)=C(\C=O)n1nc(-c2cccc(Cl)c2)cc1C. The van der Waals surface area contributed by atoms with Crippen LogP contribution in [-0.2, 0) is 14.3 Å². The highest BCUT2D eigenvalue weighted by atomic mass is 35.5. The maximum Gasteiger partial charge on any atom is 0.316 e. The van der Waals surface area contributed by atoms with Crippen molar-refractivity contribution in [3.05, 3.63) is 46.8 Å². The minimum atomic E-state index is -0.786. The number of rotatable bonds is 6. The van der Waals surface area contributed by atoms with E-state index in [1.807, 2.05) is 39.0 Å². The highest BCUT2D eigenvalue weighted by Gasteiger charge is 2.34. The molecule has 2 rings (SSSR count). The molecule has 0 saturated carbocycles. The minimum Gasteiger partial charge on any atom is -0.426 e. The quantitative estimate of drug-likeness (QED) is 0.325. The molecule has 7 heteroatoms. The molecule has 2 aromatic rings. The third-order valence-electron chi connectivity index (χ3n) is 4.58. The van der Waals surface area contributed by atoms with Crippen LogP contribution in [0.4, 0.5) is 0 Å². The number of aromatic nitrogens is 2. The molecule has 1 aromatic heterocycles. The van der Waals surface area contributed by atoms with Gasteiger partial charge >= 0.3 is 5.97 Å². The second kappa shape index (κ2) is 8.51. The first-order valence-electron chi connectivity index (χ1n) is 9.35. The molecule has 156 valence electrons. The Bertz CT molecular complexity index is 952. The smallest absolute Gasteiger partial charge is 0.316 e. The van der Waals surface area contributed by atoms with Crippen LogP contribution in [0.5, 0.6) is 0 Å². The van der Waals surface area contributed by atoms with E-state index in [-0.39, 0.29) is 11.5 Å². The highest BCUT2D eigenvalue weighted by molar-refractivity contribution is 6.30. The summed E-state index contributed by atoms with van der Waals surface area (Å²) in [6.45, 7) is 10.8. The van der Waals surface area contributed by atoms with Gasteiger partial charge in [0.2, 0.25) is 0 Å². The van der Waals surface area contributed by atoms with Crippen LogP contribution in [0.2, 0.25) is 5.02 Å². The Balaban J connectivity index is 2.66. The van der Waals surface area contributed by atoms with Gasteiger partial charge in [-0.1, -0.05) is 23.7 Å². The van der Waals surface area contributed by atoms with E-state index in [1.54, 1.807) is 40.0 Å². The summed E-state index contributed by atoms with van der Waals surface area (Å²) in [6.07, 6.45) is 0.659. The number of allylic oxidation sites excluding steroid dienone is 1. The van der Waals surface area contributed by atoms with Gasteiger partial charge in [0, 0.05) is 16.3 Å². The van der Waals surface area contributed by atoms with E-state index in [2.05, 4.69) is 10.4 Å². The van der Waals surface area contributed by atoms with Crippen LogP contribution in [0.1, 0.15) is 40.3 Å². The molecule has 29 heavy (non-hydrogen) atoms. The van der Waals surface area contributed by atoms with Gasteiger partial charge in [0.05, 0.1) is 16.6 Å². The summed E-state index contributed by atoms with van der Waals surface area (Å²) in [5, 5.41) is 8.27. The number of likely N-dealkylation sites (N-methyl/N-ethyl adjacent to an activating group) is 1. The van der Waals surface area contributed by atoms with Crippen molar-refractivity contribution >= 4 is 29.6 Å². The molecule has 1 aromatic carbocycles. The summed E-state index contributed by atoms with van der Waals surface area (Å²) in [5.41, 5.74) is 0.852. The largest absolute Gasteiger partial charge is 0.426 e. The van der Waals surface area contributed by atoms with Crippen LogP contribution in [0, 0.1) is 12.3 Å². The number of benzene rings is 1. The molecule has 0 unspecified atom stereocenters. The van der Waals surface area contributed by atoms with E-state index in [1.165, 1.54) is 4.68 Å². The van der Waals surface area contributed by atoms with Gasteiger partial charge in [-0.2, -0.15) is 5.10 Å². The van der Waals surface area contributed by atoms with Gasteiger partial charge in [-0.3, -0.25) is 9.59 Å². The maximum absolute atomic E-state index is 12.6. The summed E-state index contributed by atoms with van der Waals surface area (Å²) in [6, 6.07) is 9.16. The van der Waals surface area contributed by atoms with Crippen molar-refractivity contribution in [2.45, 2.75) is 47.1 Å². The molecular formula is C22H28ClN3O3. The number of esters is 1. The fourth-order valence-corrected chi connectivity index (χ4v) is 2.76.